The molecule has 0 aromatic rings. The van der Waals surface area contributed by atoms with Crippen molar-refractivity contribution in [2.75, 3.05) is 6.66 Å². The Morgan fingerprint density at radius 3 is 2.00 bits per heavy atom. The molecular weight excluding hydrogens is 138 g/mol. The number of rotatable bonds is 0. The fraction of sp³-hybridized carbons (Fsp3) is 1.00. The molecule has 23 valence electrons. The van der Waals surface area contributed by atoms with Gasteiger partial charge in [0.25, 0.3) is 0 Å². The van der Waals surface area contributed by atoms with Crippen LogP contribution in [0.3, 0.4) is 0 Å². The summed E-state index contributed by atoms with van der Waals surface area (Å²) < 4.78 is 9.54. The van der Waals surface area contributed by atoms with E-state index in [0.29, 0.717) is 0 Å². The summed E-state index contributed by atoms with van der Waals surface area (Å²) in [5, 5.41) is 0. The van der Waals surface area contributed by atoms with Gasteiger partial charge in [0.15, 0.2) is 0 Å². The minimum absolute atomic E-state index is 0.995. The van der Waals surface area contributed by atoms with Crippen LogP contribution in [-0.2, 0) is 4.57 Å². The molecule has 0 spiro atoms. The maximum absolute atomic E-state index is 9.54. The van der Waals surface area contributed by atoms with Gasteiger partial charge in [0.05, 0.1) is 0 Å². The number of hydrogen-bond acceptors (Lipinski definition) is 1. The molecule has 0 heterocycles. The molecule has 0 saturated heterocycles. The Balaban J connectivity index is 2.80. The number of hydrogen-bond donors (Lipinski definition) is 0. The van der Waals surface area contributed by atoms with Crippen LogP contribution >= 0.6 is 6.49 Å². The van der Waals surface area contributed by atoms with E-state index in [-0.39, 0.29) is 0 Å². The SMILES string of the molecule is C[P+](=O)[Se]. The van der Waals surface area contributed by atoms with E-state index in [9.17, 15) is 4.57 Å². The molecule has 0 aromatic heterocycles. The first-order chi connectivity index (χ1) is 1.73. The average Bonchev–Trinajstić information content (AvgIpc) is 0.811. The van der Waals surface area contributed by atoms with Crippen molar-refractivity contribution in [3.8, 4) is 0 Å². The molecule has 0 aromatic carbocycles. The second-order valence-corrected chi connectivity index (χ2v) is 4.56. The van der Waals surface area contributed by atoms with E-state index in [1.54, 1.807) is 6.66 Å². The van der Waals surface area contributed by atoms with Gasteiger partial charge < -0.3 is 0 Å². The van der Waals surface area contributed by atoms with Gasteiger partial charge in [0.1, 0.15) is 0 Å². The summed E-state index contributed by atoms with van der Waals surface area (Å²) in [5.74, 6) is 0. The summed E-state index contributed by atoms with van der Waals surface area (Å²) in [5.41, 5.74) is 0. The Labute approximate surface area is 34.0 Å². The van der Waals surface area contributed by atoms with Crippen LogP contribution in [0, 0.1) is 0 Å². The molecule has 0 N–H and O–H groups in total. The van der Waals surface area contributed by atoms with Crippen LogP contribution in [0.1, 0.15) is 0 Å². The van der Waals surface area contributed by atoms with Crippen LogP contribution in [0.4, 0.5) is 0 Å². The van der Waals surface area contributed by atoms with Gasteiger partial charge >= 0.3 is 33.3 Å². The van der Waals surface area contributed by atoms with Gasteiger partial charge in [-0.25, -0.2) is 0 Å². The Morgan fingerprint density at radius 1 is 2.00 bits per heavy atom. The van der Waals surface area contributed by atoms with Crippen molar-refractivity contribution in [1.29, 1.82) is 0 Å². The summed E-state index contributed by atoms with van der Waals surface area (Å²) in [4.78, 5) is 0. The molecule has 0 aliphatic rings. The monoisotopic (exact) mass is 142 g/mol. The van der Waals surface area contributed by atoms with E-state index in [0.717, 1.165) is 0 Å². The fourth-order valence-corrected chi connectivity index (χ4v) is 0. The topological polar surface area (TPSA) is 17.1 Å². The molecule has 3 heteroatoms. The standard InChI is InChI=1S/CH3OPSe/c1-3(2)4/h1H3/q+1. The second-order valence-electron chi connectivity index (χ2n) is 0.440. The minimum atomic E-state index is -0.995. The first-order valence-electron chi connectivity index (χ1n) is 0.812. The van der Waals surface area contributed by atoms with Gasteiger partial charge in [-0.2, -0.15) is 0 Å². The van der Waals surface area contributed by atoms with E-state index in [1.807, 2.05) is 0 Å². The summed E-state index contributed by atoms with van der Waals surface area (Å²) in [7, 11) is 0. The molecule has 0 amide bonds. The van der Waals surface area contributed by atoms with E-state index in [2.05, 4.69) is 15.6 Å². The van der Waals surface area contributed by atoms with Gasteiger partial charge in [-0.3, -0.25) is 0 Å². The van der Waals surface area contributed by atoms with Crippen molar-refractivity contribution in [1.82, 2.24) is 0 Å². The van der Waals surface area contributed by atoms with E-state index < -0.39 is 6.49 Å². The van der Waals surface area contributed by atoms with Crippen molar-refractivity contribution in [3.63, 3.8) is 0 Å². The molecule has 0 aliphatic heterocycles. The molecule has 1 unspecified atom stereocenters. The van der Waals surface area contributed by atoms with Gasteiger partial charge in [-0.05, 0) is 0 Å². The van der Waals surface area contributed by atoms with E-state index >= 15 is 0 Å². The molecule has 0 rings (SSSR count). The van der Waals surface area contributed by atoms with Crippen LogP contribution in [-0.4, -0.2) is 22.2 Å². The molecule has 0 fully saturated rings. The fourth-order valence-electron chi connectivity index (χ4n) is 0. The van der Waals surface area contributed by atoms with Crippen LogP contribution < -0.4 is 0 Å². The predicted octanol–water partition coefficient (Wildman–Crippen LogP) is 0.527. The second kappa shape index (κ2) is 1.90. The average molecular weight is 141 g/mol. The summed E-state index contributed by atoms with van der Waals surface area (Å²) in [6.07, 6.45) is 0. The van der Waals surface area contributed by atoms with E-state index in [1.165, 1.54) is 0 Å². The van der Waals surface area contributed by atoms with Crippen LogP contribution in [0.2, 0.25) is 0 Å². The predicted molar refractivity (Wildman–Crippen MR) is 19.3 cm³/mol. The van der Waals surface area contributed by atoms with Crippen LogP contribution in [0.5, 0.6) is 0 Å². The Bertz CT molecular complexity index is 31.0. The van der Waals surface area contributed by atoms with Crippen molar-refractivity contribution >= 4 is 22.1 Å². The third-order valence-corrected chi connectivity index (χ3v) is 0. The Morgan fingerprint density at radius 2 is 2.00 bits per heavy atom. The molecule has 1 atom stereocenters. The molecule has 0 aliphatic carbocycles. The van der Waals surface area contributed by atoms with Crippen molar-refractivity contribution in [3.05, 3.63) is 0 Å². The maximum atomic E-state index is 9.54. The normalized spacial score (nSPS) is 11.0. The summed E-state index contributed by atoms with van der Waals surface area (Å²) in [6.45, 7) is 0.625. The zero-order valence-corrected chi connectivity index (χ0v) is 4.87. The molecule has 4 heavy (non-hydrogen) atoms. The Kier molecular flexibility index (Phi) is 2.19. The van der Waals surface area contributed by atoms with E-state index in [4.69, 9.17) is 0 Å². The van der Waals surface area contributed by atoms with Crippen LogP contribution in [0.25, 0.3) is 0 Å². The molecule has 1 nitrogen and oxygen atoms in total. The van der Waals surface area contributed by atoms with Crippen molar-refractivity contribution < 1.29 is 4.57 Å². The zero-order valence-electron chi connectivity index (χ0n) is 2.26. The van der Waals surface area contributed by atoms with Crippen molar-refractivity contribution in [2.24, 2.45) is 0 Å². The molecule has 1 radical (unpaired) electrons. The third kappa shape index (κ3) is 17.9. The quantitative estimate of drug-likeness (QED) is 0.355. The van der Waals surface area contributed by atoms with Gasteiger partial charge in [0, 0.05) is 0 Å². The van der Waals surface area contributed by atoms with Gasteiger partial charge in [-0.1, -0.05) is 0 Å². The third-order valence-electron chi connectivity index (χ3n) is 0. The summed E-state index contributed by atoms with van der Waals surface area (Å²) in [6, 6.07) is 0. The first-order valence-corrected chi connectivity index (χ1v) is 4.74. The van der Waals surface area contributed by atoms with Gasteiger partial charge in [0.2, 0.25) is 0 Å². The summed E-state index contributed by atoms with van der Waals surface area (Å²) >= 11 is 2.41. The van der Waals surface area contributed by atoms with Crippen molar-refractivity contribution in [2.45, 2.75) is 0 Å². The Hall–Kier alpha value is 0.619. The molecule has 0 bridgehead atoms. The zero-order chi connectivity index (χ0) is 3.58. The van der Waals surface area contributed by atoms with Crippen LogP contribution in [0.15, 0.2) is 0 Å². The molecule has 0 saturated carbocycles. The van der Waals surface area contributed by atoms with Gasteiger partial charge in [-0.15, -0.1) is 0 Å². The molecular formula is CH3OPSe+. The first kappa shape index (κ1) is 4.62.